The zero-order chi connectivity index (χ0) is 22.7. The first-order valence-electron chi connectivity index (χ1n) is 10.00. The second kappa shape index (κ2) is 9.37. The van der Waals surface area contributed by atoms with Crippen LogP contribution in [0.4, 0.5) is 0 Å². The maximum absolute atomic E-state index is 12.9. The lowest BCUT2D eigenvalue weighted by molar-refractivity contribution is 0.0963. The quantitative estimate of drug-likeness (QED) is 0.582. The van der Waals surface area contributed by atoms with E-state index in [1.165, 1.54) is 35.6 Å². The number of nitrogens with one attached hydrogen (secondary N) is 1. The van der Waals surface area contributed by atoms with E-state index in [4.69, 9.17) is 16.1 Å². The third kappa shape index (κ3) is 4.83. The Bertz CT molecular complexity index is 1190. The standard InChI is InChI=1S/C21H22ClN5O4S/c1-23-21(28)16-4-8-18(9-5-16)32(29,30)27-12-10-26(11-13-27)14-19-24-20(25-31-19)15-2-6-17(22)7-3-15/h2-9H,10-14H2,1H3,(H,23,28). The Labute approximate surface area is 191 Å². The number of piperazine rings is 1. The van der Waals surface area contributed by atoms with Gasteiger partial charge in [0.1, 0.15) is 0 Å². The third-order valence-corrected chi connectivity index (χ3v) is 7.41. The Morgan fingerprint density at radius 1 is 1.06 bits per heavy atom. The average molecular weight is 476 g/mol. The fourth-order valence-corrected chi connectivity index (χ4v) is 4.97. The molecule has 0 atom stereocenters. The summed E-state index contributed by atoms with van der Waals surface area (Å²) < 4.78 is 32.7. The number of aromatic nitrogens is 2. The summed E-state index contributed by atoms with van der Waals surface area (Å²) in [6, 6.07) is 13.1. The van der Waals surface area contributed by atoms with Gasteiger partial charge in [0.25, 0.3) is 5.91 Å². The van der Waals surface area contributed by atoms with Crippen LogP contribution < -0.4 is 5.32 Å². The zero-order valence-electron chi connectivity index (χ0n) is 17.4. The fraction of sp³-hybridized carbons (Fsp3) is 0.286. The van der Waals surface area contributed by atoms with Gasteiger partial charge in [-0.05, 0) is 48.5 Å². The van der Waals surface area contributed by atoms with Crippen LogP contribution >= 0.6 is 11.6 Å². The SMILES string of the molecule is CNC(=O)c1ccc(S(=O)(=O)N2CCN(Cc3nc(-c4ccc(Cl)cc4)no3)CC2)cc1. The lowest BCUT2D eigenvalue weighted by atomic mass is 10.2. The molecule has 168 valence electrons. The molecule has 4 rings (SSSR count). The molecule has 32 heavy (non-hydrogen) atoms. The van der Waals surface area contributed by atoms with Gasteiger partial charge in [0, 0.05) is 49.4 Å². The van der Waals surface area contributed by atoms with Crippen molar-refractivity contribution in [3.8, 4) is 11.4 Å². The van der Waals surface area contributed by atoms with Gasteiger partial charge in [-0.25, -0.2) is 8.42 Å². The van der Waals surface area contributed by atoms with E-state index in [9.17, 15) is 13.2 Å². The van der Waals surface area contributed by atoms with E-state index in [-0.39, 0.29) is 10.8 Å². The first-order chi connectivity index (χ1) is 15.4. The van der Waals surface area contributed by atoms with Gasteiger partial charge in [0.15, 0.2) is 0 Å². The summed E-state index contributed by atoms with van der Waals surface area (Å²) in [5.41, 5.74) is 1.22. The van der Waals surface area contributed by atoms with E-state index in [1.54, 1.807) is 12.1 Å². The highest BCUT2D eigenvalue weighted by molar-refractivity contribution is 7.89. The van der Waals surface area contributed by atoms with Crippen molar-refractivity contribution in [3.05, 3.63) is 65.0 Å². The van der Waals surface area contributed by atoms with Crippen molar-refractivity contribution in [1.82, 2.24) is 24.7 Å². The third-order valence-electron chi connectivity index (χ3n) is 5.24. The van der Waals surface area contributed by atoms with Crippen LogP contribution in [0.25, 0.3) is 11.4 Å². The highest BCUT2D eigenvalue weighted by atomic mass is 35.5. The number of rotatable bonds is 6. The summed E-state index contributed by atoms with van der Waals surface area (Å²) in [6.45, 7) is 2.20. The summed E-state index contributed by atoms with van der Waals surface area (Å²) in [5.74, 6) is 0.692. The smallest absolute Gasteiger partial charge is 0.251 e. The highest BCUT2D eigenvalue weighted by Gasteiger charge is 2.29. The fourth-order valence-electron chi connectivity index (χ4n) is 3.43. The minimum absolute atomic E-state index is 0.170. The Morgan fingerprint density at radius 3 is 2.34 bits per heavy atom. The van der Waals surface area contributed by atoms with E-state index in [0.717, 1.165) is 5.56 Å². The van der Waals surface area contributed by atoms with Crippen LogP contribution in [0.5, 0.6) is 0 Å². The molecule has 3 aromatic rings. The van der Waals surface area contributed by atoms with E-state index in [1.807, 2.05) is 12.1 Å². The number of halogens is 1. The molecule has 0 radical (unpaired) electrons. The summed E-state index contributed by atoms with van der Waals surface area (Å²) in [5, 5.41) is 7.16. The maximum atomic E-state index is 12.9. The number of hydrogen-bond acceptors (Lipinski definition) is 7. The summed E-state index contributed by atoms with van der Waals surface area (Å²) in [6.07, 6.45) is 0. The number of nitrogens with zero attached hydrogens (tertiary/aromatic N) is 4. The number of benzene rings is 2. The van der Waals surface area contributed by atoms with Gasteiger partial charge in [-0.1, -0.05) is 16.8 Å². The molecule has 1 N–H and O–H groups in total. The first-order valence-corrected chi connectivity index (χ1v) is 11.8. The van der Waals surface area contributed by atoms with Crippen molar-refractivity contribution >= 4 is 27.5 Å². The van der Waals surface area contributed by atoms with Crippen LogP contribution in [-0.2, 0) is 16.6 Å². The molecule has 0 bridgehead atoms. The number of carbonyl (C=O) groups is 1. The van der Waals surface area contributed by atoms with E-state index < -0.39 is 10.0 Å². The Balaban J connectivity index is 1.36. The second-order valence-electron chi connectivity index (χ2n) is 7.30. The Hall–Kier alpha value is -2.79. The molecule has 11 heteroatoms. The molecule has 1 amide bonds. The highest BCUT2D eigenvalue weighted by Crippen LogP contribution is 2.21. The van der Waals surface area contributed by atoms with E-state index in [0.29, 0.717) is 55.0 Å². The molecule has 2 aromatic carbocycles. The average Bonchev–Trinajstić information content (AvgIpc) is 3.28. The lowest BCUT2D eigenvalue weighted by Gasteiger charge is -2.33. The molecule has 0 aliphatic carbocycles. The van der Waals surface area contributed by atoms with Gasteiger partial charge < -0.3 is 9.84 Å². The van der Waals surface area contributed by atoms with Crippen LogP contribution in [0.3, 0.4) is 0 Å². The van der Waals surface area contributed by atoms with Gasteiger partial charge in [-0.3, -0.25) is 9.69 Å². The molecule has 0 spiro atoms. The first kappa shape index (κ1) is 22.4. The Morgan fingerprint density at radius 2 is 1.72 bits per heavy atom. The molecule has 1 aromatic heterocycles. The maximum Gasteiger partial charge on any atom is 0.251 e. The van der Waals surface area contributed by atoms with Crippen LogP contribution in [-0.4, -0.2) is 66.9 Å². The van der Waals surface area contributed by atoms with E-state index >= 15 is 0 Å². The monoisotopic (exact) mass is 475 g/mol. The number of hydrogen-bond donors (Lipinski definition) is 1. The van der Waals surface area contributed by atoms with Crippen LogP contribution in [0.15, 0.2) is 57.9 Å². The molecule has 2 heterocycles. The molecule has 0 unspecified atom stereocenters. The predicted octanol–water partition coefficient (Wildman–Crippen LogP) is 2.26. The molecule has 1 aliphatic rings. The van der Waals surface area contributed by atoms with Crippen LogP contribution in [0, 0.1) is 0 Å². The predicted molar refractivity (Wildman–Crippen MR) is 119 cm³/mol. The van der Waals surface area contributed by atoms with Crippen molar-refractivity contribution in [2.75, 3.05) is 33.2 Å². The zero-order valence-corrected chi connectivity index (χ0v) is 18.9. The summed E-state index contributed by atoms with van der Waals surface area (Å²) in [4.78, 5) is 18.3. The number of amides is 1. The largest absolute Gasteiger partial charge is 0.355 e. The van der Waals surface area contributed by atoms with Crippen LogP contribution in [0.1, 0.15) is 16.2 Å². The summed E-state index contributed by atoms with van der Waals surface area (Å²) in [7, 11) is -2.10. The molecule has 9 nitrogen and oxygen atoms in total. The van der Waals surface area contributed by atoms with Gasteiger partial charge in [-0.2, -0.15) is 9.29 Å². The van der Waals surface area contributed by atoms with Gasteiger partial charge in [0.05, 0.1) is 11.4 Å². The molecule has 1 fully saturated rings. The molecule has 0 saturated carbocycles. The van der Waals surface area contributed by atoms with Crippen molar-refractivity contribution in [3.63, 3.8) is 0 Å². The number of sulfonamides is 1. The lowest BCUT2D eigenvalue weighted by Crippen LogP contribution is -2.48. The molecule has 1 saturated heterocycles. The van der Waals surface area contributed by atoms with Crippen molar-refractivity contribution in [2.45, 2.75) is 11.4 Å². The topological polar surface area (TPSA) is 109 Å². The number of carbonyl (C=O) groups excluding carboxylic acids is 1. The minimum atomic E-state index is -3.63. The normalized spacial score (nSPS) is 15.6. The molecular weight excluding hydrogens is 454 g/mol. The van der Waals surface area contributed by atoms with Crippen molar-refractivity contribution in [2.24, 2.45) is 0 Å². The van der Waals surface area contributed by atoms with Crippen LogP contribution in [0.2, 0.25) is 5.02 Å². The minimum Gasteiger partial charge on any atom is -0.355 e. The van der Waals surface area contributed by atoms with Gasteiger partial charge in [0.2, 0.25) is 21.7 Å². The van der Waals surface area contributed by atoms with E-state index in [2.05, 4.69) is 20.4 Å². The van der Waals surface area contributed by atoms with Crippen molar-refractivity contribution < 1.29 is 17.7 Å². The summed E-state index contributed by atoms with van der Waals surface area (Å²) >= 11 is 5.91. The van der Waals surface area contributed by atoms with Gasteiger partial charge in [-0.15, -0.1) is 0 Å². The molecule has 1 aliphatic heterocycles. The van der Waals surface area contributed by atoms with Gasteiger partial charge >= 0.3 is 0 Å². The van der Waals surface area contributed by atoms with Crippen molar-refractivity contribution in [1.29, 1.82) is 0 Å². The molecular formula is C21H22ClN5O4S. The second-order valence-corrected chi connectivity index (χ2v) is 9.68. The Kier molecular flexibility index (Phi) is 6.56.